The molecule has 3 heterocycles. The van der Waals surface area contributed by atoms with Gasteiger partial charge in [0.15, 0.2) is 0 Å². The number of likely N-dealkylation sites (tertiary alicyclic amines) is 1. The molecule has 3 aliphatic heterocycles. The van der Waals surface area contributed by atoms with Crippen molar-refractivity contribution >= 4 is 23.6 Å². The van der Waals surface area contributed by atoms with Crippen molar-refractivity contribution < 1.29 is 28.0 Å². The van der Waals surface area contributed by atoms with Crippen LogP contribution in [0.4, 0.5) is 8.78 Å². The van der Waals surface area contributed by atoms with E-state index in [1.165, 1.54) is 5.56 Å². The Morgan fingerprint density at radius 1 is 1.25 bits per heavy atom. The van der Waals surface area contributed by atoms with Gasteiger partial charge in [-0.25, -0.2) is 8.78 Å². The zero-order valence-corrected chi connectivity index (χ0v) is 17.8. The number of halogens is 2. The number of carbonyl (C=O) groups excluding carboxylic acids is 4. The Morgan fingerprint density at radius 3 is 2.69 bits per heavy atom. The maximum atomic E-state index is 13.8. The van der Waals surface area contributed by atoms with E-state index in [9.17, 15) is 28.0 Å². The lowest BCUT2D eigenvalue weighted by Gasteiger charge is -2.24. The van der Waals surface area contributed by atoms with Crippen LogP contribution < -0.4 is 11.1 Å². The second-order valence-corrected chi connectivity index (χ2v) is 8.80. The fourth-order valence-corrected chi connectivity index (χ4v) is 4.92. The van der Waals surface area contributed by atoms with Crippen LogP contribution in [0.2, 0.25) is 0 Å². The van der Waals surface area contributed by atoms with E-state index in [1.807, 2.05) is 18.2 Å². The number of hydrogen-bond donors (Lipinski definition) is 2. The van der Waals surface area contributed by atoms with Crippen LogP contribution in [0.5, 0.6) is 0 Å². The Bertz CT molecular complexity index is 983. The SMILES string of the molecule is CCc1cccc2c1CN(C(=O)C[C@@H]1C[C@@H](C(=O)N3CC(F)(F)C[C@H]3C(N)=O)NC1=O)C2. The number of rotatable bonds is 5. The molecular formula is C22H26F2N4O4. The quantitative estimate of drug-likeness (QED) is 0.691. The average molecular weight is 448 g/mol. The third-order valence-corrected chi connectivity index (χ3v) is 6.62. The number of primary amides is 1. The molecule has 0 unspecified atom stereocenters. The molecular weight excluding hydrogens is 422 g/mol. The molecule has 1 aromatic rings. The van der Waals surface area contributed by atoms with Gasteiger partial charge < -0.3 is 20.9 Å². The Hall–Kier alpha value is -3.04. The zero-order valence-electron chi connectivity index (χ0n) is 17.8. The fraction of sp³-hybridized carbons (Fsp3) is 0.545. The number of amides is 4. The van der Waals surface area contributed by atoms with Crippen molar-refractivity contribution in [3.8, 4) is 0 Å². The number of alkyl halides is 2. The molecule has 8 nitrogen and oxygen atoms in total. The van der Waals surface area contributed by atoms with Gasteiger partial charge >= 0.3 is 0 Å². The van der Waals surface area contributed by atoms with Crippen LogP contribution in [0, 0.1) is 5.92 Å². The highest BCUT2D eigenvalue weighted by atomic mass is 19.3. The minimum Gasteiger partial charge on any atom is -0.368 e. The topological polar surface area (TPSA) is 113 Å². The smallest absolute Gasteiger partial charge is 0.267 e. The van der Waals surface area contributed by atoms with E-state index in [4.69, 9.17) is 5.73 Å². The molecule has 3 aliphatic rings. The zero-order chi connectivity index (χ0) is 23.2. The maximum absolute atomic E-state index is 13.8. The van der Waals surface area contributed by atoms with Crippen molar-refractivity contribution in [3.05, 3.63) is 34.9 Å². The van der Waals surface area contributed by atoms with Gasteiger partial charge in [-0.3, -0.25) is 19.2 Å². The summed E-state index contributed by atoms with van der Waals surface area (Å²) in [5, 5.41) is 2.50. The van der Waals surface area contributed by atoms with E-state index >= 15 is 0 Å². The highest BCUT2D eigenvalue weighted by Crippen LogP contribution is 2.34. The molecule has 2 fully saturated rings. The number of nitrogens with two attached hydrogens (primary N) is 1. The number of nitrogens with zero attached hydrogens (tertiary/aromatic N) is 2. The molecule has 0 bridgehead atoms. The van der Waals surface area contributed by atoms with Crippen LogP contribution in [0.1, 0.15) is 42.9 Å². The molecule has 0 aliphatic carbocycles. The molecule has 2 saturated heterocycles. The lowest BCUT2D eigenvalue weighted by molar-refractivity contribution is -0.139. The van der Waals surface area contributed by atoms with E-state index in [0.717, 1.165) is 22.4 Å². The summed E-state index contributed by atoms with van der Waals surface area (Å²) >= 11 is 0. The summed E-state index contributed by atoms with van der Waals surface area (Å²) < 4.78 is 27.6. The van der Waals surface area contributed by atoms with E-state index in [2.05, 4.69) is 12.2 Å². The number of aryl methyl sites for hydroxylation is 1. The van der Waals surface area contributed by atoms with E-state index < -0.39 is 54.6 Å². The highest BCUT2D eigenvalue weighted by molar-refractivity contribution is 5.96. The first-order valence-electron chi connectivity index (χ1n) is 10.7. The minimum atomic E-state index is -3.21. The van der Waals surface area contributed by atoms with Crippen LogP contribution in [0.25, 0.3) is 0 Å². The van der Waals surface area contributed by atoms with Gasteiger partial charge in [-0.2, -0.15) is 0 Å². The molecule has 3 atom stereocenters. The molecule has 1 aromatic carbocycles. The largest absolute Gasteiger partial charge is 0.368 e. The van der Waals surface area contributed by atoms with Crippen molar-refractivity contribution in [2.75, 3.05) is 6.54 Å². The second-order valence-electron chi connectivity index (χ2n) is 8.80. The highest BCUT2D eigenvalue weighted by Gasteiger charge is 2.52. The van der Waals surface area contributed by atoms with Crippen molar-refractivity contribution in [1.29, 1.82) is 0 Å². The average Bonchev–Trinajstić information content (AvgIpc) is 3.42. The second kappa shape index (κ2) is 8.14. The number of nitrogens with one attached hydrogen (secondary N) is 1. The predicted molar refractivity (Wildman–Crippen MR) is 109 cm³/mol. The van der Waals surface area contributed by atoms with Crippen molar-refractivity contribution in [3.63, 3.8) is 0 Å². The molecule has 10 heteroatoms. The van der Waals surface area contributed by atoms with Crippen molar-refractivity contribution in [2.45, 2.75) is 63.7 Å². The summed E-state index contributed by atoms with van der Waals surface area (Å²) in [5.74, 6) is -6.39. The van der Waals surface area contributed by atoms with Gasteiger partial charge in [0.05, 0.1) is 6.54 Å². The van der Waals surface area contributed by atoms with Gasteiger partial charge in [-0.05, 0) is 29.5 Å². The first-order valence-corrected chi connectivity index (χ1v) is 10.7. The Labute approximate surface area is 184 Å². The van der Waals surface area contributed by atoms with Crippen LogP contribution >= 0.6 is 0 Å². The lowest BCUT2D eigenvalue weighted by atomic mass is 9.99. The molecule has 0 saturated carbocycles. The van der Waals surface area contributed by atoms with E-state index in [-0.39, 0.29) is 18.7 Å². The summed E-state index contributed by atoms with van der Waals surface area (Å²) in [6, 6.07) is 3.52. The minimum absolute atomic E-state index is 0.0119. The number of fused-ring (bicyclic) bond motifs is 1. The molecule has 0 radical (unpaired) electrons. The molecule has 172 valence electrons. The van der Waals surface area contributed by atoms with Gasteiger partial charge in [0, 0.05) is 31.8 Å². The van der Waals surface area contributed by atoms with Crippen LogP contribution in [0.15, 0.2) is 18.2 Å². The number of hydrogen-bond acceptors (Lipinski definition) is 4. The number of benzene rings is 1. The Kier molecular flexibility index (Phi) is 5.64. The normalized spacial score (nSPS) is 26.2. The first-order chi connectivity index (χ1) is 15.1. The summed E-state index contributed by atoms with van der Waals surface area (Å²) in [7, 11) is 0. The number of carbonyl (C=O) groups is 4. The van der Waals surface area contributed by atoms with Crippen molar-refractivity contribution in [2.24, 2.45) is 11.7 Å². The van der Waals surface area contributed by atoms with E-state index in [0.29, 0.717) is 13.1 Å². The molecule has 4 rings (SSSR count). The maximum Gasteiger partial charge on any atom is 0.267 e. The third-order valence-electron chi connectivity index (χ3n) is 6.62. The first kappa shape index (κ1) is 22.2. The standard InChI is InChI=1S/C22H26F2N4O4/c1-2-12-4-3-5-13-9-27(10-15(12)13)18(29)7-14-6-16(26-20(14)31)21(32)28-11-22(23,24)8-17(28)19(25)30/h3-5,14,16-17H,2,6-11H2,1H3,(H2,25,30)(H,26,31)/t14-,16-,17-/m0/s1. The Balaban J connectivity index is 1.39. The monoisotopic (exact) mass is 448 g/mol. The summed E-state index contributed by atoms with van der Waals surface area (Å²) in [4.78, 5) is 52.0. The summed E-state index contributed by atoms with van der Waals surface area (Å²) in [6.07, 6.45) is -0.0216. The molecule has 3 N–H and O–H groups in total. The van der Waals surface area contributed by atoms with E-state index in [1.54, 1.807) is 4.90 Å². The molecule has 4 amide bonds. The molecule has 32 heavy (non-hydrogen) atoms. The molecule has 0 aromatic heterocycles. The van der Waals surface area contributed by atoms with Gasteiger partial charge in [-0.15, -0.1) is 0 Å². The van der Waals surface area contributed by atoms with Crippen molar-refractivity contribution in [1.82, 2.24) is 15.1 Å². The van der Waals surface area contributed by atoms with Gasteiger partial charge in [0.2, 0.25) is 23.6 Å². The lowest BCUT2D eigenvalue weighted by Crippen LogP contribution is -2.50. The van der Waals surface area contributed by atoms with Crippen LogP contribution in [-0.4, -0.2) is 58.0 Å². The third kappa shape index (κ3) is 4.05. The van der Waals surface area contributed by atoms with Gasteiger partial charge in [0.25, 0.3) is 5.92 Å². The van der Waals surface area contributed by atoms with Gasteiger partial charge in [-0.1, -0.05) is 25.1 Å². The van der Waals surface area contributed by atoms with Crippen LogP contribution in [0.3, 0.4) is 0 Å². The van der Waals surface area contributed by atoms with Crippen LogP contribution in [-0.2, 0) is 38.7 Å². The fourth-order valence-electron chi connectivity index (χ4n) is 4.92. The molecule has 0 spiro atoms. The summed E-state index contributed by atoms with van der Waals surface area (Å²) in [5.41, 5.74) is 8.61. The Morgan fingerprint density at radius 2 is 2.00 bits per heavy atom. The predicted octanol–water partition coefficient (Wildman–Crippen LogP) is 0.708. The summed E-state index contributed by atoms with van der Waals surface area (Å²) in [6.45, 7) is 2.10. The van der Waals surface area contributed by atoms with Gasteiger partial charge in [0.1, 0.15) is 12.1 Å².